The number of piperidine rings is 1. The number of benzene rings is 1. The number of carbonyl (C=O) groups is 1. The van der Waals surface area contributed by atoms with Gasteiger partial charge in [-0.2, -0.15) is 0 Å². The second-order valence-electron chi connectivity index (χ2n) is 6.99. The smallest absolute Gasteiger partial charge is 0.409 e. The average Bonchev–Trinajstić information content (AvgIpc) is 2.74. The van der Waals surface area contributed by atoms with Crippen molar-refractivity contribution >= 4 is 22.1 Å². The number of carbonyl (C=O) groups excluding carboxylic acids is 1. The van der Waals surface area contributed by atoms with E-state index in [4.69, 9.17) is 4.74 Å². The van der Waals surface area contributed by atoms with Gasteiger partial charge in [0.1, 0.15) is 0 Å². The fourth-order valence-corrected chi connectivity index (χ4v) is 3.94. The Morgan fingerprint density at radius 2 is 1.90 bits per heavy atom. The first-order valence-electron chi connectivity index (χ1n) is 10.4. The Bertz CT molecular complexity index is 778. The van der Waals surface area contributed by atoms with Gasteiger partial charge in [0.15, 0.2) is 5.96 Å². The highest BCUT2D eigenvalue weighted by molar-refractivity contribution is 7.89. The average molecular weight is 440 g/mol. The van der Waals surface area contributed by atoms with Crippen molar-refractivity contribution in [1.29, 1.82) is 0 Å². The number of likely N-dealkylation sites (tertiary alicyclic amines) is 1. The minimum Gasteiger partial charge on any atom is -0.450 e. The second kappa shape index (κ2) is 12.4. The van der Waals surface area contributed by atoms with Crippen LogP contribution in [0.25, 0.3) is 0 Å². The lowest BCUT2D eigenvalue weighted by Crippen LogP contribution is -2.50. The van der Waals surface area contributed by atoms with E-state index in [1.807, 2.05) is 37.3 Å². The molecule has 1 aromatic carbocycles. The van der Waals surface area contributed by atoms with Gasteiger partial charge in [-0.25, -0.2) is 17.9 Å². The van der Waals surface area contributed by atoms with Gasteiger partial charge in [-0.15, -0.1) is 0 Å². The van der Waals surface area contributed by atoms with E-state index in [1.165, 1.54) is 0 Å². The number of nitrogens with zero attached hydrogens (tertiary/aromatic N) is 2. The van der Waals surface area contributed by atoms with Gasteiger partial charge in [-0.1, -0.05) is 30.3 Å². The van der Waals surface area contributed by atoms with Crippen LogP contribution in [0.15, 0.2) is 35.3 Å². The lowest BCUT2D eigenvalue weighted by atomic mass is 10.1. The molecule has 0 radical (unpaired) electrons. The molecule has 0 saturated carbocycles. The Hall–Kier alpha value is -2.33. The summed E-state index contributed by atoms with van der Waals surface area (Å²) in [6.07, 6.45) is 1.28. The molecule has 9 nitrogen and oxygen atoms in total. The summed E-state index contributed by atoms with van der Waals surface area (Å²) in [5.74, 6) is 0.503. The normalized spacial score (nSPS) is 15.7. The number of amides is 1. The van der Waals surface area contributed by atoms with Crippen LogP contribution in [0.4, 0.5) is 4.79 Å². The van der Waals surface area contributed by atoms with Crippen molar-refractivity contribution in [2.75, 3.05) is 38.5 Å². The third kappa shape index (κ3) is 8.58. The quantitative estimate of drug-likeness (QED) is 0.395. The Balaban J connectivity index is 1.79. The van der Waals surface area contributed by atoms with Gasteiger partial charge in [0.25, 0.3) is 0 Å². The zero-order valence-corrected chi connectivity index (χ0v) is 18.6. The van der Waals surface area contributed by atoms with Crippen LogP contribution in [0.1, 0.15) is 32.3 Å². The molecule has 0 unspecified atom stereocenters. The van der Waals surface area contributed by atoms with Crippen LogP contribution in [0.5, 0.6) is 0 Å². The van der Waals surface area contributed by atoms with Gasteiger partial charge in [-0.3, -0.25) is 4.99 Å². The molecule has 2 rings (SSSR count). The van der Waals surface area contributed by atoms with Crippen molar-refractivity contribution in [3.63, 3.8) is 0 Å². The molecule has 30 heavy (non-hydrogen) atoms. The van der Waals surface area contributed by atoms with E-state index in [0.29, 0.717) is 32.2 Å². The maximum absolute atomic E-state index is 12.2. The summed E-state index contributed by atoms with van der Waals surface area (Å²) in [5, 5.41) is 6.48. The number of hydrogen-bond donors (Lipinski definition) is 3. The summed E-state index contributed by atoms with van der Waals surface area (Å²) < 4.78 is 32.1. The molecule has 168 valence electrons. The molecule has 1 heterocycles. The van der Waals surface area contributed by atoms with Crippen molar-refractivity contribution in [1.82, 2.24) is 20.3 Å². The SMILES string of the molecule is CCNC(=NCCS(=O)(=O)NCc1ccccc1)NC1CCN(C(=O)OCC)CC1. The van der Waals surface area contributed by atoms with Gasteiger partial charge >= 0.3 is 6.09 Å². The summed E-state index contributed by atoms with van der Waals surface area (Å²) in [5.41, 5.74) is 0.911. The molecule has 1 amide bonds. The topological polar surface area (TPSA) is 112 Å². The molecule has 0 spiro atoms. The largest absolute Gasteiger partial charge is 0.450 e. The van der Waals surface area contributed by atoms with Crippen LogP contribution in [0.2, 0.25) is 0 Å². The van der Waals surface area contributed by atoms with Crippen molar-refractivity contribution in [3.05, 3.63) is 35.9 Å². The molecule has 0 aliphatic carbocycles. The van der Waals surface area contributed by atoms with E-state index in [0.717, 1.165) is 18.4 Å². The number of aliphatic imine (C=N–C) groups is 1. The zero-order valence-electron chi connectivity index (χ0n) is 17.8. The Labute approximate surface area is 179 Å². The van der Waals surface area contributed by atoms with Gasteiger partial charge < -0.3 is 20.3 Å². The van der Waals surface area contributed by atoms with Crippen LogP contribution in [0, 0.1) is 0 Å². The Kier molecular flexibility index (Phi) is 9.88. The van der Waals surface area contributed by atoms with Crippen LogP contribution in [-0.2, 0) is 21.3 Å². The van der Waals surface area contributed by atoms with Crippen molar-refractivity contribution in [3.8, 4) is 0 Å². The maximum Gasteiger partial charge on any atom is 0.409 e. The van der Waals surface area contributed by atoms with Gasteiger partial charge in [-0.05, 0) is 32.3 Å². The van der Waals surface area contributed by atoms with Gasteiger partial charge in [0.2, 0.25) is 10.0 Å². The summed E-state index contributed by atoms with van der Waals surface area (Å²) in [4.78, 5) is 17.9. The van der Waals surface area contributed by atoms with Crippen LogP contribution >= 0.6 is 0 Å². The summed E-state index contributed by atoms with van der Waals surface area (Å²) in [6, 6.07) is 9.56. The number of rotatable bonds is 9. The summed E-state index contributed by atoms with van der Waals surface area (Å²) in [6.45, 7) is 6.46. The molecule has 1 aromatic rings. The first kappa shape index (κ1) is 23.9. The molecule has 1 aliphatic heterocycles. The second-order valence-corrected chi connectivity index (χ2v) is 8.92. The lowest BCUT2D eigenvalue weighted by molar-refractivity contribution is 0.0963. The van der Waals surface area contributed by atoms with E-state index in [2.05, 4.69) is 20.3 Å². The maximum atomic E-state index is 12.2. The monoisotopic (exact) mass is 439 g/mol. The van der Waals surface area contributed by atoms with E-state index in [1.54, 1.807) is 11.8 Å². The van der Waals surface area contributed by atoms with Crippen LogP contribution in [0.3, 0.4) is 0 Å². The Morgan fingerprint density at radius 1 is 1.20 bits per heavy atom. The highest BCUT2D eigenvalue weighted by atomic mass is 32.2. The molecule has 0 aromatic heterocycles. The first-order valence-corrected chi connectivity index (χ1v) is 12.1. The molecule has 3 N–H and O–H groups in total. The highest BCUT2D eigenvalue weighted by Crippen LogP contribution is 2.11. The van der Waals surface area contributed by atoms with Crippen molar-refractivity contribution < 1.29 is 17.9 Å². The predicted octanol–water partition coefficient (Wildman–Crippen LogP) is 1.28. The zero-order chi connectivity index (χ0) is 21.8. The minimum absolute atomic E-state index is 0.0856. The molecule has 10 heteroatoms. The van der Waals surface area contributed by atoms with E-state index >= 15 is 0 Å². The number of hydrogen-bond acceptors (Lipinski definition) is 5. The Morgan fingerprint density at radius 3 is 2.53 bits per heavy atom. The minimum atomic E-state index is -3.42. The van der Waals surface area contributed by atoms with E-state index < -0.39 is 10.0 Å². The first-order chi connectivity index (χ1) is 14.4. The van der Waals surface area contributed by atoms with Crippen LogP contribution < -0.4 is 15.4 Å². The van der Waals surface area contributed by atoms with Crippen molar-refractivity contribution in [2.24, 2.45) is 4.99 Å². The van der Waals surface area contributed by atoms with Crippen molar-refractivity contribution in [2.45, 2.75) is 39.3 Å². The standard InChI is InChI=1S/C20H33N5O4S/c1-3-21-19(24-18-10-13-25(14-11-18)20(26)29-4-2)22-12-15-30(27,28)23-16-17-8-6-5-7-9-17/h5-9,18,23H,3-4,10-16H2,1-2H3,(H2,21,22,24). The van der Waals surface area contributed by atoms with Gasteiger partial charge in [0, 0.05) is 32.2 Å². The third-order valence-electron chi connectivity index (χ3n) is 4.67. The highest BCUT2D eigenvalue weighted by Gasteiger charge is 2.24. The molecule has 1 saturated heterocycles. The molecular weight excluding hydrogens is 406 g/mol. The lowest BCUT2D eigenvalue weighted by Gasteiger charge is -2.32. The molecule has 1 aliphatic rings. The summed E-state index contributed by atoms with van der Waals surface area (Å²) in [7, 11) is -3.42. The molecular formula is C20H33N5O4S. The number of sulfonamides is 1. The summed E-state index contributed by atoms with van der Waals surface area (Å²) >= 11 is 0. The van der Waals surface area contributed by atoms with Crippen LogP contribution in [-0.4, -0.2) is 70.0 Å². The number of guanidine groups is 1. The molecule has 0 bridgehead atoms. The number of nitrogens with one attached hydrogen (secondary N) is 3. The van der Waals surface area contributed by atoms with E-state index in [9.17, 15) is 13.2 Å². The molecule has 0 atom stereocenters. The third-order valence-corrected chi connectivity index (χ3v) is 5.98. The fourth-order valence-electron chi connectivity index (χ4n) is 3.07. The van der Waals surface area contributed by atoms with Gasteiger partial charge in [0.05, 0.1) is 18.9 Å². The molecule has 1 fully saturated rings. The predicted molar refractivity (Wildman–Crippen MR) is 118 cm³/mol. The number of ether oxygens (including phenoxy) is 1. The fraction of sp³-hybridized carbons (Fsp3) is 0.600. The van der Waals surface area contributed by atoms with E-state index in [-0.39, 0.29) is 31.0 Å².